The summed E-state index contributed by atoms with van der Waals surface area (Å²) in [5.74, 6) is -1.19. The monoisotopic (exact) mass is 293 g/mol. The second kappa shape index (κ2) is 6.71. The summed E-state index contributed by atoms with van der Waals surface area (Å²) in [6, 6.07) is 3.78. The number of amides is 1. The second-order valence-corrected chi connectivity index (χ2v) is 4.29. The van der Waals surface area contributed by atoms with Crippen molar-refractivity contribution in [2.24, 2.45) is 0 Å². The van der Waals surface area contributed by atoms with Gasteiger partial charge in [0.1, 0.15) is 5.76 Å². The van der Waals surface area contributed by atoms with Crippen LogP contribution in [0.2, 0.25) is 0 Å². The number of carbonyl (C=O) groups is 2. The number of nitrogens with one attached hydrogen (secondary N) is 1. The molecule has 2 aromatic rings. The molecule has 0 radical (unpaired) electrons. The van der Waals surface area contributed by atoms with E-state index in [9.17, 15) is 9.59 Å². The lowest BCUT2D eigenvalue weighted by Gasteiger charge is -2.12. The first kappa shape index (κ1) is 14.8. The van der Waals surface area contributed by atoms with E-state index in [1.54, 1.807) is 29.2 Å². The van der Waals surface area contributed by atoms with Crippen molar-refractivity contribution < 1.29 is 23.8 Å². The molecule has 0 aliphatic carbocycles. The Morgan fingerprint density at radius 1 is 1.52 bits per heavy atom. The molecule has 8 heteroatoms. The van der Waals surface area contributed by atoms with E-state index in [1.165, 1.54) is 13.2 Å². The van der Waals surface area contributed by atoms with E-state index in [4.69, 9.17) is 14.3 Å². The summed E-state index contributed by atoms with van der Waals surface area (Å²) in [7, 11) is 1.36. The number of hydrogen-bond donors (Lipinski definition) is 2. The van der Waals surface area contributed by atoms with Crippen molar-refractivity contribution in [3.8, 4) is 0 Å². The van der Waals surface area contributed by atoms with Gasteiger partial charge in [0.25, 0.3) is 5.91 Å². The lowest BCUT2D eigenvalue weighted by atomic mass is 10.3. The quantitative estimate of drug-likeness (QED) is 0.763. The molecule has 1 unspecified atom stereocenters. The van der Waals surface area contributed by atoms with Crippen LogP contribution in [0.25, 0.3) is 0 Å². The third-order valence-electron chi connectivity index (χ3n) is 2.70. The molecule has 0 fully saturated rings. The Balaban J connectivity index is 1.99. The lowest BCUT2D eigenvalue weighted by Crippen LogP contribution is -2.43. The van der Waals surface area contributed by atoms with Gasteiger partial charge in [-0.2, -0.15) is 5.10 Å². The smallest absolute Gasteiger partial charge is 0.328 e. The van der Waals surface area contributed by atoms with Crippen LogP contribution in [0.3, 0.4) is 0 Å². The standard InChI is InChI=1S/C13H15N3O5/c1-20-8-10(13(18)19)15-12(17)11-4-3-9(21-11)7-16-6-2-5-14-16/h2-6,10H,7-8H2,1H3,(H,15,17)(H,18,19). The number of rotatable bonds is 7. The van der Waals surface area contributed by atoms with Crippen LogP contribution in [-0.4, -0.2) is 46.5 Å². The van der Waals surface area contributed by atoms with Gasteiger partial charge in [-0.3, -0.25) is 9.48 Å². The zero-order chi connectivity index (χ0) is 15.2. The maximum atomic E-state index is 11.9. The van der Waals surface area contributed by atoms with Gasteiger partial charge in [0.2, 0.25) is 0 Å². The molecular weight excluding hydrogens is 278 g/mol. The Hall–Kier alpha value is -2.61. The van der Waals surface area contributed by atoms with Gasteiger partial charge in [0.15, 0.2) is 11.8 Å². The van der Waals surface area contributed by atoms with Crippen LogP contribution in [-0.2, 0) is 16.1 Å². The van der Waals surface area contributed by atoms with E-state index in [0.29, 0.717) is 12.3 Å². The minimum atomic E-state index is -1.17. The van der Waals surface area contributed by atoms with E-state index >= 15 is 0 Å². The van der Waals surface area contributed by atoms with E-state index in [-0.39, 0.29) is 12.4 Å². The highest BCUT2D eigenvalue weighted by molar-refractivity contribution is 5.94. The van der Waals surface area contributed by atoms with Gasteiger partial charge in [0, 0.05) is 19.5 Å². The maximum absolute atomic E-state index is 11.9. The van der Waals surface area contributed by atoms with Crippen LogP contribution in [0.1, 0.15) is 16.3 Å². The molecule has 2 rings (SSSR count). The van der Waals surface area contributed by atoms with Crippen molar-refractivity contribution in [3.63, 3.8) is 0 Å². The number of furan rings is 1. The first-order chi connectivity index (χ1) is 10.1. The van der Waals surface area contributed by atoms with Gasteiger partial charge in [-0.1, -0.05) is 0 Å². The molecule has 0 saturated carbocycles. The summed E-state index contributed by atoms with van der Waals surface area (Å²) in [5.41, 5.74) is 0. The van der Waals surface area contributed by atoms with Crippen molar-refractivity contribution in [2.75, 3.05) is 13.7 Å². The molecule has 0 aliphatic heterocycles. The van der Waals surface area contributed by atoms with Crippen LogP contribution in [0.15, 0.2) is 35.0 Å². The molecule has 1 atom stereocenters. The SMILES string of the molecule is COCC(NC(=O)c1ccc(Cn2cccn2)o1)C(=O)O. The fourth-order valence-corrected chi connectivity index (χ4v) is 1.71. The van der Waals surface area contributed by atoms with Crippen LogP contribution in [0.4, 0.5) is 0 Å². The van der Waals surface area contributed by atoms with Crippen molar-refractivity contribution in [1.82, 2.24) is 15.1 Å². The average Bonchev–Trinajstić information content (AvgIpc) is 3.10. The summed E-state index contributed by atoms with van der Waals surface area (Å²) in [6.45, 7) is 0.267. The van der Waals surface area contributed by atoms with E-state index in [2.05, 4.69) is 10.4 Å². The predicted octanol–water partition coefficient (Wildman–Crippen LogP) is 0.354. The largest absolute Gasteiger partial charge is 0.480 e. The Morgan fingerprint density at radius 3 is 2.95 bits per heavy atom. The molecule has 2 N–H and O–H groups in total. The molecule has 0 spiro atoms. The molecule has 0 aromatic carbocycles. The Morgan fingerprint density at radius 2 is 2.33 bits per heavy atom. The first-order valence-corrected chi connectivity index (χ1v) is 6.19. The molecular formula is C13H15N3O5. The van der Waals surface area contributed by atoms with Gasteiger partial charge in [0.05, 0.1) is 13.2 Å². The van der Waals surface area contributed by atoms with Gasteiger partial charge < -0.3 is 19.6 Å². The number of carbonyl (C=O) groups excluding carboxylic acids is 1. The maximum Gasteiger partial charge on any atom is 0.328 e. The molecule has 112 valence electrons. The fraction of sp³-hybridized carbons (Fsp3) is 0.308. The summed E-state index contributed by atoms with van der Waals surface area (Å²) in [6.07, 6.45) is 3.40. The van der Waals surface area contributed by atoms with Gasteiger partial charge in [-0.25, -0.2) is 4.79 Å². The molecule has 0 aliphatic rings. The summed E-state index contributed by atoms with van der Waals surface area (Å²) in [5, 5.41) is 15.3. The lowest BCUT2D eigenvalue weighted by molar-refractivity contribution is -0.140. The number of nitrogens with zero attached hydrogens (tertiary/aromatic N) is 2. The highest BCUT2D eigenvalue weighted by Gasteiger charge is 2.22. The fourth-order valence-electron chi connectivity index (χ4n) is 1.71. The number of aliphatic carboxylic acids is 1. The van der Waals surface area contributed by atoms with Crippen molar-refractivity contribution >= 4 is 11.9 Å². The molecule has 0 bridgehead atoms. The first-order valence-electron chi connectivity index (χ1n) is 6.19. The minimum absolute atomic E-state index is 0.0412. The number of hydrogen-bond acceptors (Lipinski definition) is 5. The van der Waals surface area contributed by atoms with Gasteiger partial charge in [-0.15, -0.1) is 0 Å². The molecule has 1 amide bonds. The van der Waals surface area contributed by atoms with Crippen LogP contribution >= 0.6 is 0 Å². The summed E-state index contributed by atoms with van der Waals surface area (Å²) in [4.78, 5) is 22.8. The molecule has 2 aromatic heterocycles. The van der Waals surface area contributed by atoms with E-state index in [1.807, 2.05) is 0 Å². The Kier molecular flexibility index (Phi) is 4.72. The topological polar surface area (TPSA) is 107 Å². The van der Waals surface area contributed by atoms with E-state index in [0.717, 1.165) is 0 Å². The normalized spacial score (nSPS) is 12.0. The third kappa shape index (κ3) is 3.93. The Labute approximate surface area is 120 Å². The summed E-state index contributed by atoms with van der Waals surface area (Å²) < 4.78 is 11.8. The molecule has 0 saturated heterocycles. The predicted molar refractivity (Wildman–Crippen MR) is 70.8 cm³/mol. The highest BCUT2D eigenvalue weighted by atomic mass is 16.5. The number of methoxy groups -OCH3 is 1. The van der Waals surface area contributed by atoms with E-state index < -0.39 is 17.9 Å². The zero-order valence-electron chi connectivity index (χ0n) is 11.4. The molecule has 8 nitrogen and oxygen atoms in total. The van der Waals surface area contributed by atoms with Crippen LogP contribution in [0.5, 0.6) is 0 Å². The van der Waals surface area contributed by atoms with Crippen molar-refractivity contribution in [3.05, 3.63) is 42.1 Å². The number of carboxylic acids is 1. The van der Waals surface area contributed by atoms with Crippen LogP contribution in [0, 0.1) is 0 Å². The number of ether oxygens (including phenoxy) is 1. The third-order valence-corrected chi connectivity index (χ3v) is 2.70. The summed E-state index contributed by atoms with van der Waals surface area (Å²) >= 11 is 0. The molecule has 2 heterocycles. The van der Waals surface area contributed by atoms with Crippen molar-refractivity contribution in [2.45, 2.75) is 12.6 Å². The highest BCUT2D eigenvalue weighted by Crippen LogP contribution is 2.09. The number of aromatic nitrogens is 2. The van der Waals surface area contributed by atoms with Crippen molar-refractivity contribution in [1.29, 1.82) is 0 Å². The minimum Gasteiger partial charge on any atom is -0.480 e. The zero-order valence-corrected chi connectivity index (χ0v) is 11.4. The van der Waals surface area contributed by atoms with Gasteiger partial charge in [-0.05, 0) is 18.2 Å². The second-order valence-electron chi connectivity index (χ2n) is 4.29. The molecule has 21 heavy (non-hydrogen) atoms. The number of carboxylic acid groups (broad SMARTS) is 1. The average molecular weight is 293 g/mol. The van der Waals surface area contributed by atoms with Gasteiger partial charge >= 0.3 is 5.97 Å². The Bertz CT molecular complexity index is 605. The van der Waals surface area contributed by atoms with Crippen LogP contribution < -0.4 is 5.32 Å².